The van der Waals surface area contributed by atoms with E-state index < -0.39 is 0 Å². The number of thiophene rings is 1. The van der Waals surface area contributed by atoms with Crippen LogP contribution in [0, 0.1) is 11.3 Å². The van der Waals surface area contributed by atoms with Gasteiger partial charge >= 0.3 is 0 Å². The number of benzene rings is 2. The quantitative estimate of drug-likeness (QED) is 0.689. The molecule has 0 bridgehead atoms. The second kappa shape index (κ2) is 6.25. The Hall–Kier alpha value is -2.57. The highest BCUT2D eigenvalue weighted by molar-refractivity contribution is 7.17. The zero-order valence-electron chi connectivity index (χ0n) is 11.4. The molecule has 0 aliphatic heterocycles. The number of anilines is 1. The number of allylic oxidation sites excluding steroid dienone is 1. The van der Waals surface area contributed by atoms with Gasteiger partial charge in [-0.3, -0.25) is 0 Å². The van der Waals surface area contributed by atoms with Gasteiger partial charge in [0.1, 0.15) is 0 Å². The lowest BCUT2D eigenvalue weighted by Crippen LogP contribution is -1.93. The van der Waals surface area contributed by atoms with Gasteiger partial charge in [0, 0.05) is 28.6 Å². The van der Waals surface area contributed by atoms with Crippen LogP contribution in [-0.2, 0) is 6.42 Å². The van der Waals surface area contributed by atoms with E-state index in [1.54, 1.807) is 17.5 Å². The Morgan fingerprint density at radius 3 is 2.67 bits per heavy atom. The molecule has 3 rings (SSSR count). The average Bonchev–Trinajstić information content (AvgIpc) is 2.95. The van der Waals surface area contributed by atoms with Crippen LogP contribution in [0.15, 0.2) is 71.8 Å². The fourth-order valence-corrected chi connectivity index (χ4v) is 3.17. The molecule has 0 aliphatic rings. The number of hydrogen-bond acceptors (Lipinski definition) is 3. The van der Waals surface area contributed by atoms with Crippen molar-refractivity contribution in [3.63, 3.8) is 0 Å². The summed E-state index contributed by atoms with van der Waals surface area (Å²) in [6.07, 6.45) is 2.45. The van der Waals surface area contributed by atoms with Gasteiger partial charge in [0.15, 0.2) is 0 Å². The van der Waals surface area contributed by atoms with Gasteiger partial charge in [-0.15, -0.1) is 11.3 Å². The maximum absolute atomic E-state index is 9.32. The second-order valence-corrected chi connectivity index (χ2v) is 5.64. The van der Waals surface area contributed by atoms with Crippen molar-refractivity contribution in [2.24, 2.45) is 0 Å². The van der Waals surface area contributed by atoms with E-state index in [2.05, 4.69) is 28.9 Å². The molecule has 3 aromatic rings. The van der Waals surface area contributed by atoms with E-state index in [4.69, 9.17) is 0 Å². The van der Waals surface area contributed by atoms with Gasteiger partial charge in [-0.05, 0) is 34.5 Å². The molecular formula is C18H14N2S. The molecule has 1 aromatic heterocycles. The van der Waals surface area contributed by atoms with Crippen molar-refractivity contribution in [3.8, 4) is 6.07 Å². The molecule has 0 saturated heterocycles. The summed E-state index contributed by atoms with van der Waals surface area (Å²) >= 11 is 1.72. The van der Waals surface area contributed by atoms with Crippen molar-refractivity contribution in [1.29, 1.82) is 5.26 Å². The lowest BCUT2D eigenvalue weighted by Gasteiger charge is -2.02. The summed E-state index contributed by atoms with van der Waals surface area (Å²) in [5.74, 6) is 0. The zero-order valence-corrected chi connectivity index (χ0v) is 12.2. The minimum Gasteiger partial charge on any atom is -0.361 e. The summed E-state index contributed by atoms with van der Waals surface area (Å²) in [4.78, 5) is 0. The van der Waals surface area contributed by atoms with E-state index in [0.29, 0.717) is 6.42 Å². The molecule has 102 valence electrons. The van der Waals surface area contributed by atoms with Crippen molar-refractivity contribution in [1.82, 2.24) is 0 Å². The third kappa shape index (κ3) is 3.13. The first-order valence-electron chi connectivity index (χ1n) is 6.72. The Morgan fingerprint density at radius 2 is 1.86 bits per heavy atom. The van der Waals surface area contributed by atoms with Crippen LogP contribution in [0.4, 0.5) is 5.69 Å². The molecule has 2 aromatic carbocycles. The van der Waals surface area contributed by atoms with Crippen LogP contribution in [0.5, 0.6) is 0 Å². The Kier molecular flexibility index (Phi) is 3.99. The van der Waals surface area contributed by atoms with E-state index in [1.807, 2.05) is 42.5 Å². The topological polar surface area (TPSA) is 35.8 Å². The molecule has 1 heterocycles. The first kappa shape index (κ1) is 13.4. The lowest BCUT2D eigenvalue weighted by atomic mass is 10.1. The monoisotopic (exact) mass is 290 g/mol. The SMILES string of the molecule is N#CC(=CNc1ccccc1)Cc1csc2ccccc12. The van der Waals surface area contributed by atoms with Crippen LogP contribution in [0.3, 0.4) is 0 Å². The molecule has 0 aliphatic carbocycles. The fraction of sp³-hybridized carbons (Fsp3) is 0.0556. The second-order valence-electron chi connectivity index (χ2n) is 4.73. The minimum atomic E-state index is 0.653. The summed E-state index contributed by atoms with van der Waals surface area (Å²) in [6.45, 7) is 0. The highest BCUT2D eigenvalue weighted by Gasteiger charge is 2.05. The number of fused-ring (bicyclic) bond motifs is 1. The van der Waals surface area contributed by atoms with Gasteiger partial charge in [-0.2, -0.15) is 5.26 Å². The molecule has 0 radical (unpaired) electrons. The van der Waals surface area contributed by atoms with Crippen LogP contribution < -0.4 is 5.32 Å². The van der Waals surface area contributed by atoms with Gasteiger partial charge in [0.05, 0.1) is 6.07 Å². The summed E-state index contributed by atoms with van der Waals surface area (Å²) in [7, 11) is 0. The first-order valence-corrected chi connectivity index (χ1v) is 7.60. The van der Waals surface area contributed by atoms with Gasteiger partial charge in [-0.25, -0.2) is 0 Å². The van der Waals surface area contributed by atoms with Crippen molar-refractivity contribution in [2.45, 2.75) is 6.42 Å². The highest BCUT2D eigenvalue weighted by atomic mass is 32.1. The van der Waals surface area contributed by atoms with Crippen LogP contribution in [0.25, 0.3) is 10.1 Å². The van der Waals surface area contributed by atoms with Crippen molar-refractivity contribution in [3.05, 3.63) is 77.3 Å². The summed E-state index contributed by atoms with van der Waals surface area (Å²) < 4.78 is 1.26. The van der Waals surface area contributed by atoms with Crippen molar-refractivity contribution >= 4 is 27.1 Å². The number of para-hydroxylation sites is 1. The highest BCUT2D eigenvalue weighted by Crippen LogP contribution is 2.27. The van der Waals surface area contributed by atoms with Crippen LogP contribution in [-0.4, -0.2) is 0 Å². The summed E-state index contributed by atoms with van der Waals surface area (Å²) in [5.41, 5.74) is 2.92. The molecule has 0 unspecified atom stereocenters. The third-order valence-electron chi connectivity index (χ3n) is 3.27. The Balaban J connectivity index is 1.80. The van der Waals surface area contributed by atoms with E-state index in [1.165, 1.54) is 15.6 Å². The van der Waals surface area contributed by atoms with E-state index >= 15 is 0 Å². The Morgan fingerprint density at radius 1 is 1.10 bits per heavy atom. The molecule has 1 N–H and O–H groups in total. The molecular weight excluding hydrogens is 276 g/mol. The predicted molar refractivity (Wildman–Crippen MR) is 89.3 cm³/mol. The van der Waals surface area contributed by atoms with Crippen LogP contribution in [0.2, 0.25) is 0 Å². The minimum absolute atomic E-state index is 0.653. The Bertz CT molecular complexity index is 810. The molecule has 0 atom stereocenters. The summed E-state index contributed by atoms with van der Waals surface area (Å²) in [6, 6.07) is 20.4. The van der Waals surface area contributed by atoms with Gasteiger partial charge in [0.2, 0.25) is 0 Å². The normalized spacial score (nSPS) is 11.3. The standard InChI is InChI=1S/C18H14N2S/c19-11-14(12-20-16-6-2-1-3-7-16)10-15-13-21-18-9-5-4-8-17(15)18/h1-9,12-13,20H,10H2. The van der Waals surface area contributed by atoms with Crippen LogP contribution >= 0.6 is 11.3 Å². The lowest BCUT2D eigenvalue weighted by molar-refractivity contribution is 1.22. The van der Waals surface area contributed by atoms with E-state index in [-0.39, 0.29) is 0 Å². The predicted octanol–water partition coefficient (Wildman–Crippen LogP) is 4.96. The number of hydrogen-bond donors (Lipinski definition) is 1. The van der Waals surface area contributed by atoms with Crippen molar-refractivity contribution in [2.75, 3.05) is 5.32 Å². The van der Waals surface area contributed by atoms with Crippen molar-refractivity contribution < 1.29 is 0 Å². The smallest absolute Gasteiger partial charge is 0.0965 e. The molecule has 21 heavy (non-hydrogen) atoms. The number of nitriles is 1. The maximum Gasteiger partial charge on any atom is 0.0965 e. The van der Waals surface area contributed by atoms with E-state index in [9.17, 15) is 5.26 Å². The zero-order chi connectivity index (χ0) is 14.5. The molecule has 0 saturated carbocycles. The molecule has 0 amide bonds. The number of rotatable bonds is 4. The third-order valence-corrected chi connectivity index (χ3v) is 4.28. The van der Waals surface area contributed by atoms with Gasteiger partial charge in [0.25, 0.3) is 0 Å². The van der Waals surface area contributed by atoms with Gasteiger partial charge < -0.3 is 5.32 Å². The van der Waals surface area contributed by atoms with E-state index in [0.717, 1.165) is 11.3 Å². The number of nitrogens with one attached hydrogen (secondary N) is 1. The summed E-state index contributed by atoms with van der Waals surface area (Å²) in [5, 5.41) is 15.9. The first-order chi connectivity index (χ1) is 10.4. The molecule has 0 fully saturated rings. The molecule has 2 nitrogen and oxygen atoms in total. The fourth-order valence-electron chi connectivity index (χ4n) is 2.20. The number of nitrogens with zero attached hydrogens (tertiary/aromatic N) is 1. The molecule has 3 heteroatoms. The van der Waals surface area contributed by atoms with Gasteiger partial charge in [-0.1, -0.05) is 36.4 Å². The largest absolute Gasteiger partial charge is 0.361 e. The Labute approximate surface area is 128 Å². The molecule has 0 spiro atoms. The van der Waals surface area contributed by atoms with Crippen LogP contribution in [0.1, 0.15) is 5.56 Å². The average molecular weight is 290 g/mol. The maximum atomic E-state index is 9.32.